The van der Waals surface area contributed by atoms with E-state index in [4.69, 9.17) is 5.26 Å². The summed E-state index contributed by atoms with van der Waals surface area (Å²) in [6.07, 6.45) is 3.08. The number of hydrogen-bond donors (Lipinski definition) is 0. The van der Waals surface area contributed by atoms with Crippen LogP contribution in [-0.2, 0) is 6.42 Å². The first kappa shape index (κ1) is 11.9. The molecule has 2 aromatic rings. The van der Waals surface area contributed by atoms with Crippen molar-refractivity contribution in [2.45, 2.75) is 20.3 Å². The number of aromatic nitrogens is 6. The van der Waals surface area contributed by atoms with Crippen LogP contribution in [0, 0.1) is 17.2 Å². The Labute approximate surface area is 103 Å². The molecule has 0 saturated carbocycles. The first-order chi connectivity index (χ1) is 8.61. The summed E-state index contributed by atoms with van der Waals surface area (Å²) in [7, 11) is 0. The second-order valence-electron chi connectivity index (χ2n) is 4.10. The lowest BCUT2D eigenvalue weighted by Gasteiger charge is -2.05. The third-order valence-corrected chi connectivity index (χ3v) is 2.16. The SMILES string of the molecule is CC(C)Cc1nc(C#N)nn1C(=O)n1cncn1. The minimum Gasteiger partial charge on any atom is -0.243 e. The van der Waals surface area contributed by atoms with E-state index in [-0.39, 0.29) is 5.82 Å². The summed E-state index contributed by atoms with van der Waals surface area (Å²) in [4.78, 5) is 19.7. The average Bonchev–Trinajstić information content (AvgIpc) is 2.95. The largest absolute Gasteiger partial charge is 0.372 e. The van der Waals surface area contributed by atoms with Crippen molar-refractivity contribution in [3.63, 3.8) is 0 Å². The number of nitrogens with zero attached hydrogens (tertiary/aromatic N) is 7. The van der Waals surface area contributed by atoms with Crippen LogP contribution in [0.4, 0.5) is 4.79 Å². The van der Waals surface area contributed by atoms with Crippen molar-refractivity contribution >= 4 is 6.03 Å². The van der Waals surface area contributed by atoms with Gasteiger partial charge >= 0.3 is 6.03 Å². The van der Waals surface area contributed by atoms with E-state index in [1.165, 1.54) is 12.7 Å². The third kappa shape index (κ3) is 2.24. The number of carbonyl (C=O) groups is 1. The molecule has 0 radical (unpaired) electrons. The molecule has 0 aromatic carbocycles. The van der Waals surface area contributed by atoms with Gasteiger partial charge in [0, 0.05) is 6.42 Å². The van der Waals surface area contributed by atoms with Crippen molar-refractivity contribution in [1.82, 2.24) is 29.5 Å². The smallest absolute Gasteiger partial charge is 0.243 e. The molecule has 18 heavy (non-hydrogen) atoms. The van der Waals surface area contributed by atoms with Crippen molar-refractivity contribution in [3.05, 3.63) is 24.3 Å². The molecule has 0 spiro atoms. The number of carbonyl (C=O) groups excluding carboxylic acids is 1. The van der Waals surface area contributed by atoms with E-state index >= 15 is 0 Å². The van der Waals surface area contributed by atoms with Gasteiger partial charge in [-0.3, -0.25) is 0 Å². The van der Waals surface area contributed by atoms with Gasteiger partial charge in [0.05, 0.1) is 0 Å². The monoisotopic (exact) mass is 245 g/mol. The molecular formula is C10H11N7O. The molecule has 2 rings (SSSR count). The van der Waals surface area contributed by atoms with Gasteiger partial charge in [-0.2, -0.15) is 19.7 Å². The van der Waals surface area contributed by atoms with Crippen LogP contribution >= 0.6 is 0 Å². The minimum atomic E-state index is -0.503. The van der Waals surface area contributed by atoms with E-state index in [0.717, 1.165) is 9.36 Å². The maximum atomic E-state index is 12.1. The minimum absolute atomic E-state index is 0.0286. The second kappa shape index (κ2) is 4.75. The normalized spacial score (nSPS) is 10.6. The van der Waals surface area contributed by atoms with E-state index in [0.29, 0.717) is 18.2 Å². The van der Waals surface area contributed by atoms with Gasteiger partial charge in [-0.1, -0.05) is 13.8 Å². The van der Waals surface area contributed by atoms with Crippen LogP contribution in [0.5, 0.6) is 0 Å². The first-order valence-corrected chi connectivity index (χ1v) is 5.37. The van der Waals surface area contributed by atoms with Gasteiger partial charge in [-0.05, 0) is 5.92 Å². The van der Waals surface area contributed by atoms with Gasteiger partial charge in [0.2, 0.25) is 0 Å². The van der Waals surface area contributed by atoms with Crippen LogP contribution in [-0.4, -0.2) is 35.6 Å². The molecule has 0 saturated heterocycles. The zero-order valence-corrected chi connectivity index (χ0v) is 9.98. The van der Waals surface area contributed by atoms with E-state index in [1.54, 1.807) is 0 Å². The molecule has 0 aliphatic rings. The highest BCUT2D eigenvalue weighted by molar-refractivity contribution is 5.77. The standard InChI is InChI=1S/C10H11N7O/c1-7(2)3-9-14-8(4-11)15-17(9)10(18)16-6-12-5-13-16/h5-7H,3H2,1-2H3. The predicted molar refractivity (Wildman–Crippen MR) is 59.5 cm³/mol. The Bertz CT molecular complexity index is 590. The Morgan fingerprint density at radius 2 is 2.33 bits per heavy atom. The first-order valence-electron chi connectivity index (χ1n) is 5.37. The van der Waals surface area contributed by atoms with E-state index < -0.39 is 6.03 Å². The van der Waals surface area contributed by atoms with Gasteiger partial charge in [-0.15, -0.1) is 5.10 Å². The summed E-state index contributed by atoms with van der Waals surface area (Å²) in [5.41, 5.74) is 0. The molecule has 0 aliphatic heterocycles. The fourth-order valence-corrected chi connectivity index (χ4v) is 1.45. The van der Waals surface area contributed by atoms with Crippen LogP contribution in [0.15, 0.2) is 12.7 Å². The zero-order chi connectivity index (χ0) is 13.1. The molecule has 2 aromatic heterocycles. The quantitative estimate of drug-likeness (QED) is 0.761. The Morgan fingerprint density at radius 1 is 1.56 bits per heavy atom. The number of nitriles is 1. The van der Waals surface area contributed by atoms with Crippen LogP contribution in [0.25, 0.3) is 0 Å². The summed E-state index contributed by atoms with van der Waals surface area (Å²) < 4.78 is 2.13. The molecule has 0 bridgehead atoms. The maximum Gasteiger partial charge on any atom is 0.372 e. The molecule has 0 aliphatic carbocycles. The van der Waals surface area contributed by atoms with E-state index in [2.05, 4.69) is 20.2 Å². The lowest BCUT2D eigenvalue weighted by molar-refractivity contribution is 0.237. The molecule has 0 N–H and O–H groups in total. The lowest BCUT2D eigenvalue weighted by atomic mass is 10.1. The fourth-order valence-electron chi connectivity index (χ4n) is 1.45. The Balaban J connectivity index is 2.40. The predicted octanol–water partition coefficient (Wildman–Crippen LogP) is 0.456. The topological polar surface area (TPSA) is 102 Å². The molecule has 2 heterocycles. The fraction of sp³-hybridized carbons (Fsp3) is 0.400. The number of rotatable bonds is 2. The number of hydrogen-bond acceptors (Lipinski definition) is 6. The molecule has 92 valence electrons. The van der Waals surface area contributed by atoms with E-state index in [1.807, 2.05) is 19.9 Å². The molecule has 0 unspecified atom stereocenters. The summed E-state index contributed by atoms with van der Waals surface area (Å²) in [6, 6.07) is 1.32. The van der Waals surface area contributed by atoms with Crippen molar-refractivity contribution in [2.24, 2.45) is 5.92 Å². The molecular weight excluding hydrogens is 234 g/mol. The van der Waals surface area contributed by atoms with Crippen LogP contribution in [0.1, 0.15) is 25.5 Å². The van der Waals surface area contributed by atoms with Crippen molar-refractivity contribution < 1.29 is 4.79 Å². The van der Waals surface area contributed by atoms with Crippen LogP contribution in [0.3, 0.4) is 0 Å². The lowest BCUT2D eigenvalue weighted by Crippen LogP contribution is -2.24. The zero-order valence-electron chi connectivity index (χ0n) is 9.98. The van der Waals surface area contributed by atoms with Crippen molar-refractivity contribution in [3.8, 4) is 6.07 Å². The molecule has 0 fully saturated rings. The molecule has 8 nitrogen and oxygen atoms in total. The highest BCUT2D eigenvalue weighted by Gasteiger charge is 2.18. The van der Waals surface area contributed by atoms with Crippen LogP contribution in [0.2, 0.25) is 0 Å². The molecule has 0 atom stereocenters. The average molecular weight is 245 g/mol. The Kier molecular flexibility index (Phi) is 3.14. The van der Waals surface area contributed by atoms with Gasteiger partial charge in [-0.25, -0.2) is 14.8 Å². The van der Waals surface area contributed by atoms with Gasteiger partial charge in [0.1, 0.15) is 24.5 Å². The summed E-state index contributed by atoms with van der Waals surface area (Å²) in [5, 5.41) is 16.4. The van der Waals surface area contributed by atoms with Gasteiger partial charge in [0.15, 0.2) is 0 Å². The summed E-state index contributed by atoms with van der Waals surface area (Å²) >= 11 is 0. The van der Waals surface area contributed by atoms with Crippen LogP contribution < -0.4 is 0 Å². The highest BCUT2D eigenvalue weighted by Crippen LogP contribution is 2.07. The highest BCUT2D eigenvalue weighted by atomic mass is 16.2. The third-order valence-electron chi connectivity index (χ3n) is 2.16. The van der Waals surface area contributed by atoms with Crippen molar-refractivity contribution in [2.75, 3.05) is 0 Å². The van der Waals surface area contributed by atoms with E-state index in [9.17, 15) is 4.79 Å². The maximum absolute atomic E-state index is 12.1. The summed E-state index contributed by atoms with van der Waals surface area (Å²) in [6.45, 7) is 3.98. The van der Waals surface area contributed by atoms with Crippen molar-refractivity contribution in [1.29, 1.82) is 5.26 Å². The second-order valence-corrected chi connectivity index (χ2v) is 4.10. The summed E-state index contributed by atoms with van der Waals surface area (Å²) in [5.74, 6) is 0.712. The molecule has 8 heteroatoms. The van der Waals surface area contributed by atoms with Gasteiger partial charge in [0.25, 0.3) is 5.82 Å². The van der Waals surface area contributed by atoms with Gasteiger partial charge < -0.3 is 0 Å². The Morgan fingerprint density at radius 3 is 2.89 bits per heavy atom. The Hall–Kier alpha value is -2.56. The molecule has 0 amide bonds.